The van der Waals surface area contributed by atoms with Crippen LogP contribution >= 0.6 is 0 Å². The maximum atomic E-state index is 11.3. The third kappa shape index (κ3) is 7.62. The monoisotopic (exact) mass is 621 g/mol. The molecule has 0 bridgehead atoms. The van der Waals surface area contributed by atoms with Gasteiger partial charge in [-0.2, -0.15) is 0 Å². The summed E-state index contributed by atoms with van der Waals surface area (Å²) in [5.74, 6) is 2.36. The largest absolute Gasteiger partial charge is 0.507 e. The molecule has 46 heavy (non-hydrogen) atoms. The van der Waals surface area contributed by atoms with Gasteiger partial charge in [0.05, 0.1) is 12.2 Å². The lowest BCUT2D eigenvalue weighted by atomic mass is 9.78. The fourth-order valence-corrected chi connectivity index (χ4v) is 5.61. The van der Waals surface area contributed by atoms with Crippen LogP contribution in [0, 0.1) is 6.92 Å². The quantitative estimate of drug-likeness (QED) is 0.232. The Morgan fingerprint density at radius 1 is 0.565 bits per heavy atom. The average Bonchev–Trinajstić information content (AvgIpc) is 2.94. The number of phenolic OH excluding ortho intramolecular Hbond substituents is 1. The molecule has 0 spiro atoms. The zero-order chi connectivity index (χ0) is 34.4. The Kier molecular flexibility index (Phi) is 9.52. The number of phenols is 1. The van der Waals surface area contributed by atoms with E-state index in [1.165, 1.54) is 22.3 Å². The van der Waals surface area contributed by atoms with Gasteiger partial charge in [0, 0.05) is 17.2 Å². The lowest BCUT2D eigenvalue weighted by Gasteiger charge is -2.28. The molecule has 0 aliphatic rings. The highest BCUT2D eigenvalue weighted by atomic mass is 16.5. The van der Waals surface area contributed by atoms with Crippen LogP contribution in [0.1, 0.15) is 124 Å². The van der Waals surface area contributed by atoms with E-state index in [2.05, 4.69) is 126 Å². The van der Waals surface area contributed by atoms with Crippen molar-refractivity contribution in [2.24, 2.45) is 0 Å². The van der Waals surface area contributed by atoms with Crippen molar-refractivity contribution in [3.8, 4) is 45.7 Å². The van der Waals surface area contributed by atoms with E-state index in [0.29, 0.717) is 35.4 Å². The fraction of sp³-hybridized carbons (Fsp3) is 0.488. The van der Waals surface area contributed by atoms with Gasteiger partial charge in [0.1, 0.15) is 11.5 Å². The summed E-state index contributed by atoms with van der Waals surface area (Å²) < 4.78 is 5.91. The Morgan fingerprint density at radius 2 is 0.978 bits per heavy atom. The lowest BCUT2D eigenvalue weighted by molar-refractivity contribution is 0.313. The minimum atomic E-state index is -0.161. The van der Waals surface area contributed by atoms with Crippen molar-refractivity contribution >= 4 is 0 Å². The molecule has 0 amide bonds. The van der Waals surface area contributed by atoms with E-state index >= 15 is 0 Å². The van der Waals surface area contributed by atoms with E-state index in [1.807, 2.05) is 13.0 Å². The summed E-state index contributed by atoms with van der Waals surface area (Å²) in [6.45, 7) is 31.5. The molecule has 0 aliphatic heterocycles. The molecule has 0 atom stereocenters. The number of aromatic nitrogens is 3. The van der Waals surface area contributed by atoms with Crippen molar-refractivity contribution < 1.29 is 9.84 Å². The van der Waals surface area contributed by atoms with E-state index < -0.39 is 0 Å². The topological polar surface area (TPSA) is 68.1 Å². The van der Waals surface area contributed by atoms with Crippen LogP contribution in [-0.2, 0) is 21.7 Å². The van der Waals surface area contributed by atoms with Crippen LogP contribution in [0.15, 0.2) is 48.5 Å². The second kappa shape index (κ2) is 12.5. The minimum Gasteiger partial charge on any atom is -0.507 e. The van der Waals surface area contributed by atoms with E-state index in [4.69, 9.17) is 19.7 Å². The first-order valence-corrected chi connectivity index (χ1v) is 16.6. The van der Waals surface area contributed by atoms with Crippen molar-refractivity contribution in [3.63, 3.8) is 0 Å². The summed E-state index contributed by atoms with van der Waals surface area (Å²) in [7, 11) is 0. The molecule has 0 saturated carbocycles. The smallest absolute Gasteiger partial charge is 0.167 e. The van der Waals surface area contributed by atoms with Crippen LogP contribution in [0.2, 0.25) is 0 Å². The lowest BCUT2D eigenvalue weighted by Crippen LogP contribution is -2.19. The van der Waals surface area contributed by atoms with Gasteiger partial charge in [-0.3, -0.25) is 0 Å². The van der Waals surface area contributed by atoms with Crippen LogP contribution in [-0.4, -0.2) is 26.7 Å². The molecule has 0 fully saturated rings. The number of aromatic hydroxyl groups is 1. The highest BCUT2D eigenvalue weighted by molar-refractivity contribution is 5.74. The number of hydrogen-bond donors (Lipinski definition) is 1. The molecular formula is C41H55N3O2. The maximum Gasteiger partial charge on any atom is 0.167 e. The van der Waals surface area contributed by atoms with Gasteiger partial charge in [-0.15, -0.1) is 0 Å². The summed E-state index contributed by atoms with van der Waals surface area (Å²) in [6.07, 6.45) is 0.885. The predicted octanol–water partition coefficient (Wildman–Crippen LogP) is 10.9. The van der Waals surface area contributed by atoms with Crippen LogP contribution in [0.4, 0.5) is 0 Å². The van der Waals surface area contributed by atoms with Gasteiger partial charge < -0.3 is 9.84 Å². The molecule has 0 radical (unpaired) electrons. The van der Waals surface area contributed by atoms with Crippen molar-refractivity contribution in [1.29, 1.82) is 0 Å². The third-order valence-electron chi connectivity index (χ3n) is 8.50. The molecule has 4 rings (SSSR count). The number of hydrogen-bond acceptors (Lipinski definition) is 5. The second-order valence-corrected chi connectivity index (χ2v) is 16.8. The number of rotatable bonds is 6. The molecule has 5 heteroatoms. The van der Waals surface area contributed by atoms with E-state index in [1.54, 1.807) is 6.07 Å². The van der Waals surface area contributed by atoms with Gasteiger partial charge in [0.2, 0.25) is 0 Å². The van der Waals surface area contributed by atoms with Crippen LogP contribution in [0.5, 0.6) is 11.5 Å². The zero-order valence-corrected chi connectivity index (χ0v) is 30.7. The second-order valence-electron chi connectivity index (χ2n) is 16.8. The number of aryl methyl sites for hydroxylation is 1. The summed E-state index contributed by atoms with van der Waals surface area (Å²) in [5, 5.41) is 11.3. The van der Waals surface area contributed by atoms with Crippen LogP contribution in [0.3, 0.4) is 0 Å². The third-order valence-corrected chi connectivity index (χ3v) is 8.50. The summed E-state index contributed by atoms with van der Waals surface area (Å²) in [6, 6.07) is 16.9. The SMILES string of the molecule is CCCOc1cc(O)c(-c2nc(-c3ccc(C(C)(C)C)cc3C(C)(C)C)nc(-c3ccc(C(C)(C)C)cc3C(C)(C)C)n2)cc1C. The van der Waals surface area contributed by atoms with Gasteiger partial charge in [-0.05, 0) is 68.9 Å². The molecule has 1 aromatic heterocycles. The molecule has 1 heterocycles. The van der Waals surface area contributed by atoms with Crippen LogP contribution < -0.4 is 4.74 Å². The van der Waals surface area contributed by atoms with Crippen molar-refractivity contribution in [1.82, 2.24) is 15.0 Å². The van der Waals surface area contributed by atoms with Crippen molar-refractivity contribution in [3.05, 3.63) is 76.3 Å². The maximum absolute atomic E-state index is 11.3. The first-order valence-electron chi connectivity index (χ1n) is 16.6. The van der Waals surface area contributed by atoms with E-state index in [0.717, 1.165) is 23.1 Å². The molecule has 0 aliphatic carbocycles. The average molecular weight is 622 g/mol. The molecular weight excluding hydrogens is 566 g/mol. The molecule has 246 valence electrons. The molecule has 1 N–H and O–H groups in total. The Balaban J connectivity index is 2.08. The molecule has 0 unspecified atom stereocenters. The molecule has 3 aromatic carbocycles. The normalized spacial score (nSPS) is 12.8. The number of nitrogens with zero attached hydrogens (tertiary/aromatic N) is 3. The van der Waals surface area contributed by atoms with Gasteiger partial charge in [0.15, 0.2) is 17.5 Å². The van der Waals surface area contributed by atoms with Gasteiger partial charge in [-0.25, -0.2) is 15.0 Å². The summed E-state index contributed by atoms with van der Waals surface area (Å²) >= 11 is 0. The zero-order valence-electron chi connectivity index (χ0n) is 30.7. The van der Waals surface area contributed by atoms with Crippen molar-refractivity contribution in [2.45, 2.75) is 125 Å². The molecule has 5 nitrogen and oxygen atoms in total. The standard InChI is InChI=1S/C41H55N3O2/c1-15-20-46-34-24-33(45)30(21-25(34)2)37-43-35(28-18-16-26(38(3,4)5)22-31(28)40(9,10)11)42-36(44-37)29-19-17-27(39(6,7)8)23-32(29)41(12,13)14/h16-19,21-24,45H,15,20H2,1-14H3. The van der Waals surface area contributed by atoms with E-state index in [-0.39, 0.29) is 27.4 Å². The summed E-state index contributed by atoms with van der Waals surface area (Å²) in [5.41, 5.74) is 7.94. The molecule has 4 aromatic rings. The minimum absolute atomic E-state index is 0.00469. The Labute approximate surface area is 277 Å². The van der Waals surface area contributed by atoms with Gasteiger partial charge >= 0.3 is 0 Å². The highest BCUT2D eigenvalue weighted by Gasteiger charge is 2.28. The summed E-state index contributed by atoms with van der Waals surface area (Å²) in [4.78, 5) is 15.4. The Bertz CT molecular complexity index is 1630. The Morgan fingerprint density at radius 3 is 1.35 bits per heavy atom. The molecule has 0 saturated heterocycles. The highest BCUT2D eigenvalue weighted by Crippen LogP contribution is 2.41. The predicted molar refractivity (Wildman–Crippen MR) is 193 cm³/mol. The first-order chi connectivity index (χ1) is 21.1. The van der Waals surface area contributed by atoms with E-state index in [9.17, 15) is 5.11 Å². The number of benzene rings is 3. The van der Waals surface area contributed by atoms with Crippen molar-refractivity contribution in [2.75, 3.05) is 6.61 Å². The van der Waals surface area contributed by atoms with Gasteiger partial charge in [0.25, 0.3) is 0 Å². The van der Waals surface area contributed by atoms with Crippen LogP contribution in [0.25, 0.3) is 34.2 Å². The Hall–Kier alpha value is -3.73. The first kappa shape index (κ1) is 35.1. The van der Waals surface area contributed by atoms with Gasteiger partial charge in [-0.1, -0.05) is 126 Å². The number of ether oxygens (including phenoxy) is 1. The fourth-order valence-electron chi connectivity index (χ4n) is 5.61.